The van der Waals surface area contributed by atoms with Gasteiger partial charge in [-0.1, -0.05) is 17.7 Å². The predicted molar refractivity (Wildman–Crippen MR) is 64.4 cm³/mol. The van der Waals surface area contributed by atoms with Gasteiger partial charge in [0, 0.05) is 6.08 Å². The molecule has 0 aliphatic carbocycles. The standard InChI is InChI=1S/C10H10ClNO4S/c1-12-17(15,16)9-4-2-7(6-8(9)11)3-5-10(13)14/h2-6,12H,1H3,(H,13,14). The number of carboxylic acid groups (broad SMARTS) is 1. The van der Waals surface area contributed by atoms with E-state index in [9.17, 15) is 13.2 Å². The molecule has 1 rings (SSSR count). The molecule has 0 radical (unpaired) electrons. The summed E-state index contributed by atoms with van der Waals surface area (Å²) in [4.78, 5) is 10.3. The maximum Gasteiger partial charge on any atom is 0.328 e. The van der Waals surface area contributed by atoms with Gasteiger partial charge in [0.25, 0.3) is 0 Å². The normalized spacial score (nSPS) is 11.9. The summed E-state index contributed by atoms with van der Waals surface area (Å²) in [6.07, 6.45) is 2.27. The van der Waals surface area contributed by atoms with E-state index in [1.165, 1.54) is 31.3 Å². The highest BCUT2D eigenvalue weighted by molar-refractivity contribution is 7.89. The molecule has 0 aliphatic heterocycles. The number of carbonyl (C=O) groups is 1. The number of hydrogen-bond donors (Lipinski definition) is 2. The Morgan fingerprint density at radius 2 is 2.12 bits per heavy atom. The molecule has 0 bridgehead atoms. The van der Waals surface area contributed by atoms with E-state index in [1.54, 1.807) is 0 Å². The molecular weight excluding hydrogens is 266 g/mol. The van der Waals surface area contributed by atoms with Gasteiger partial charge in [-0.3, -0.25) is 0 Å². The van der Waals surface area contributed by atoms with E-state index in [1.807, 2.05) is 0 Å². The van der Waals surface area contributed by atoms with Gasteiger partial charge in [0.15, 0.2) is 0 Å². The van der Waals surface area contributed by atoms with Crippen molar-refractivity contribution in [2.24, 2.45) is 0 Å². The molecule has 0 unspecified atom stereocenters. The topological polar surface area (TPSA) is 83.5 Å². The van der Waals surface area contributed by atoms with Crippen LogP contribution in [0.1, 0.15) is 5.56 Å². The number of carboxylic acids is 1. The van der Waals surface area contributed by atoms with E-state index in [0.29, 0.717) is 5.56 Å². The van der Waals surface area contributed by atoms with Gasteiger partial charge < -0.3 is 5.11 Å². The Labute approximate surface area is 104 Å². The number of halogens is 1. The lowest BCUT2D eigenvalue weighted by Crippen LogP contribution is -2.18. The summed E-state index contributed by atoms with van der Waals surface area (Å²) in [6.45, 7) is 0. The van der Waals surface area contributed by atoms with Crippen LogP contribution in [0.2, 0.25) is 5.02 Å². The number of rotatable bonds is 4. The van der Waals surface area contributed by atoms with Crippen molar-refractivity contribution in [2.45, 2.75) is 4.90 Å². The third-order valence-electron chi connectivity index (χ3n) is 1.93. The third kappa shape index (κ3) is 3.55. The van der Waals surface area contributed by atoms with E-state index in [-0.39, 0.29) is 9.92 Å². The van der Waals surface area contributed by atoms with E-state index < -0.39 is 16.0 Å². The van der Waals surface area contributed by atoms with Gasteiger partial charge in [-0.25, -0.2) is 17.9 Å². The highest BCUT2D eigenvalue weighted by Crippen LogP contribution is 2.22. The van der Waals surface area contributed by atoms with Gasteiger partial charge in [0.2, 0.25) is 10.0 Å². The van der Waals surface area contributed by atoms with E-state index in [2.05, 4.69) is 4.72 Å². The first-order valence-corrected chi connectivity index (χ1v) is 6.37. The molecule has 0 amide bonds. The second kappa shape index (κ2) is 5.31. The molecular formula is C10H10ClNO4S. The zero-order valence-electron chi connectivity index (χ0n) is 8.84. The highest BCUT2D eigenvalue weighted by Gasteiger charge is 2.15. The van der Waals surface area contributed by atoms with Crippen LogP contribution >= 0.6 is 11.6 Å². The van der Waals surface area contributed by atoms with Crippen LogP contribution in [-0.4, -0.2) is 26.5 Å². The Morgan fingerprint density at radius 3 is 2.59 bits per heavy atom. The van der Waals surface area contributed by atoms with Crippen molar-refractivity contribution in [2.75, 3.05) is 7.05 Å². The Morgan fingerprint density at radius 1 is 1.47 bits per heavy atom. The lowest BCUT2D eigenvalue weighted by atomic mass is 10.2. The summed E-state index contributed by atoms with van der Waals surface area (Å²) in [5, 5.41) is 8.47. The fourth-order valence-corrected chi connectivity index (χ4v) is 2.39. The summed E-state index contributed by atoms with van der Waals surface area (Å²) in [6, 6.07) is 4.16. The molecule has 0 heterocycles. The van der Waals surface area contributed by atoms with Crippen molar-refractivity contribution in [1.29, 1.82) is 0 Å². The van der Waals surface area contributed by atoms with Crippen LogP contribution in [0, 0.1) is 0 Å². The fraction of sp³-hybridized carbons (Fsp3) is 0.100. The van der Waals surface area contributed by atoms with Crippen molar-refractivity contribution >= 4 is 33.7 Å². The highest BCUT2D eigenvalue weighted by atomic mass is 35.5. The van der Waals surface area contributed by atoms with Crippen molar-refractivity contribution in [3.8, 4) is 0 Å². The largest absolute Gasteiger partial charge is 0.478 e. The quantitative estimate of drug-likeness (QED) is 0.813. The number of nitrogens with one attached hydrogen (secondary N) is 1. The van der Waals surface area contributed by atoms with Gasteiger partial charge in [0.05, 0.1) is 5.02 Å². The Hall–Kier alpha value is -1.37. The monoisotopic (exact) mass is 275 g/mol. The minimum atomic E-state index is -3.60. The number of hydrogen-bond acceptors (Lipinski definition) is 3. The van der Waals surface area contributed by atoms with E-state index in [0.717, 1.165) is 6.08 Å². The Balaban J connectivity index is 3.15. The summed E-state index contributed by atoms with van der Waals surface area (Å²) in [5.41, 5.74) is 0.507. The zero-order chi connectivity index (χ0) is 13.1. The van der Waals surface area contributed by atoms with Crippen LogP contribution in [0.5, 0.6) is 0 Å². The Bertz CT molecular complexity index is 566. The van der Waals surface area contributed by atoms with Crippen molar-refractivity contribution < 1.29 is 18.3 Å². The van der Waals surface area contributed by atoms with Crippen LogP contribution in [0.3, 0.4) is 0 Å². The molecule has 1 aromatic rings. The number of aliphatic carboxylic acids is 1. The smallest absolute Gasteiger partial charge is 0.328 e. The molecule has 7 heteroatoms. The number of benzene rings is 1. The molecule has 0 saturated heterocycles. The van der Waals surface area contributed by atoms with E-state index >= 15 is 0 Å². The SMILES string of the molecule is CNS(=O)(=O)c1ccc(C=CC(=O)O)cc1Cl. The summed E-state index contributed by atoms with van der Waals surface area (Å²) >= 11 is 5.81. The van der Waals surface area contributed by atoms with Gasteiger partial charge in [-0.15, -0.1) is 0 Å². The lowest BCUT2D eigenvalue weighted by molar-refractivity contribution is -0.131. The minimum Gasteiger partial charge on any atom is -0.478 e. The van der Waals surface area contributed by atoms with Crippen molar-refractivity contribution in [1.82, 2.24) is 4.72 Å². The molecule has 0 atom stereocenters. The maximum absolute atomic E-state index is 11.5. The summed E-state index contributed by atoms with van der Waals surface area (Å²) in [7, 11) is -2.32. The number of sulfonamides is 1. The predicted octanol–water partition coefficient (Wildman–Crippen LogP) is 1.35. The van der Waals surface area contributed by atoms with Crippen LogP contribution in [0.15, 0.2) is 29.2 Å². The molecule has 92 valence electrons. The fourth-order valence-electron chi connectivity index (χ4n) is 1.12. The van der Waals surface area contributed by atoms with E-state index in [4.69, 9.17) is 16.7 Å². The summed E-state index contributed by atoms with van der Waals surface area (Å²) in [5.74, 6) is -1.09. The summed E-state index contributed by atoms with van der Waals surface area (Å²) < 4.78 is 25.1. The molecule has 5 nitrogen and oxygen atoms in total. The van der Waals surface area contributed by atoms with Crippen LogP contribution in [-0.2, 0) is 14.8 Å². The first-order valence-electron chi connectivity index (χ1n) is 4.51. The molecule has 0 aromatic heterocycles. The Kier molecular flexibility index (Phi) is 4.28. The third-order valence-corrected chi connectivity index (χ3v) is 3.83. The average molecular weight is 276 g/mol. The second-order valence-electron chi connectivity index (χ2n) is 3.07. The average Bonchev–Trinajstić information content (AvgIpc) is 2.26. The van der Waals surface area contributed by atoms with Gasteiger partial charge in [0.1, 0.15) is 4.90 Å². The van der Waals surface area contributed by atoms with Crippen LogP contribution < -0.4 is 4.72 Å². The van der Waals surface area contributed by atoms with Gasteiger partial charge >= 0.3 is 5.97 Å². The zero-order valence-corrected chi connectivity index (χ0v) is 10.4. The maximum atomic E-state index is 11.5. The molecule has 1 aromatic carbocycles. The lowest BCUT2D eigenvalue weighted by Gasteiger charge is -2.05. The molecule has 17 heavy (non-hydrogen) atoms. The first-order chi connectivity index (χ1) is 7.86. The molecule has 0 fully saturated rings. The minimum absolute atomic E-state index is 0.0342. The molecule has 0 aliphatic rings. The van der Waals surface area contributed by atoms with Crippen LogP contribution in [0.4, 0.5) is 0 Å². The molecule has 0 spiro atoms. The van der Waals surface area contributed by atoms with Gasteiger partial charge in [-0.2, -0.15) is 0 Å². The molecule has 2 N–H and O–H groups in total. The van der Waals surface area contributed by atoms with Crippen LogP contribution in [0.25, 0.3) is 6.08 Å². The molecule has 0 saturated carbocycles. The van der Waals surface area contributed by atoms with Crippen molar-refractivity contribution in [3.63, 3.8) is 0 Å². The second-order valence-corrected chi connectivity index (χ2v) is 5.33. The van der Waals surface area contributed by atoms with Gasteiger partial charge in [-0.05, 0) is 30.8 Å². The van der Waals surface area contributed by atoms with Crippen molar-refractivity contribution in [3.05, 3.63) is 34.9 Å². The first kappa shape index (κ1) is 13.7.